The minimum atomic E-state index is -2.03. The third-order valence-corrected chi connectivity index (χ3v) is 7.30. The quantitative estimate of drug-likeness (QED) is 0.484. The maximum Gasteiger partial charge on any atom is 0.336 e. The van der Waals surface area contributed by atoms with E-state index in [4.69, 9.17) is 72.2 Å². The predicted molar refractivity (Wildman–Crippen MR) is 91.8 cm³/mol. The number of hydrogen-bond acceptors (Lipinski definition) is 5. The molecule has 1 unspecified atom stereocenters. The lowest BCUT2D eigenvalue weighted by atomic mass is 9.95. The SMILES string of the molecule is CCOC(=O)C1=C(C(=O)OCC)[C@@]2(Cl)C(Cl)=C(Cl)[C@]1(Cl)C2(Cl)OC. The Bertz CT molecular complexity index is 622. The summed E-state index contributed by atoms with van der Waals surface area (Å²) in [6, 6.07) is 0. The largest absolute Gasteiger partial charge is 0.463 e. The molecular formula is C14H13Cl5O5. The lowest BCUT2D eigenvalue weighted by Crippen LogP contribution is -2.52. The first-order chi connectivity index (χ1) is 11.1. The zero-order valence-electron chi connectivity index (χ0n) is 12.8. The van der Waals surface area contributed by atoms with Crippen LogP contribution in [-0.2, 0) is 23.8 Å². The number of carbonyl (C=O) groups excluding carboxylic acids is 2. The maximum atomic E-state index is 12.5. The van der Waals surface area contributed by atoms with E-state index in [1.54, 1.807) is 13.8 Å². The van der Waals surface area contributed by atoms with Crippen molar-refractivity contribution in [1.29, 1.82) is 0 Å². The summed E-state index contributed by atoms with van der Waals surface area (Å²) in [5.74, 6) is -1.83. The van der Waals surface area contributed by atoms with Gasteiger partial charge in [0.2, 0.25) is 0 Å². The van der Waals surface area contributed by atoms with E-state index in [-0.39, 0.29) is 34.4 Å². The summed E-state index contributed by atoms with van der Waals surface area (Å²) in [4.78, 5) is 21.0. The monoisotopic (exact) mass is 436 g/mol. The van der Waals surface area contributed by atoms with Gasteiger partial charge in [0.15, 0.2) is 14.8 Å². The summed E-state index contributed by atoms with van der Waals surface area (Å²) >= 11 is 32.1. The van der Waals surface area contributed by atoms with Gasteiger partial charge in [0.25, 0.3) is 0 Å². The van der Waals surface area contributed by atoms with Crippen LogP contribution in [0.4, 0.5) is 0 Å². The Morgan fingerprint density at radius 3 is 1.46 bits per heavy atom. The molecule has 2 aliphatic carbocycles. The molecule has 0 spiro atoms. The third kappa shape index (κ3) is 2.12. The van der Waals surface area contributed by atoms with E-state index in [1.807, 2.05) is 0 Å². The standard InChI is InChI=1S/C14H13Cl5O5/c1-4-23-10(20)6-7(11(21)24-5-2)13(18)9(16)8(15)12(6,17)14(13,19)22-3/h4-5H2,1-3H3/t12-,13+,14?. The highest BCUT2D eigenvalue weighted by Crippen LogP contribution is 2.73. The molecule has 0 N–H and O–H groups in total. The van der Waals surface area contributed by atoms with Crippen molar-refractivity contribution in [2.24, 2.45) is 0 Å². The molecular weight excluding hydrogens is 425 g/mol. The van der Waals surface area contributed by atoms with E-state index in [0.29, 0.717) is 0 Å². The van der Waals surface area contributed by atoms with Crippen molar-refractivity contribution in [3.63, 3.8) is 0 Å². The van der Waals surface area contributed by atoms with E-state index in [1.165, 1.54) is 7.11 Å². The summed E-state index contributed by atoms with van der Waals surface area (Å²) < 4.78 is 15.2. The molecule has 0 amide bonds. The Morgan fingerprint density at radius 2 is 1.21 bits per heavy atom. The number of rotatable bonds is 5. The number of halogens is 5. The molecule has 0 aromatic heterocycles. The van der Waals surface area contributed by atoms with Crippen LogP contribution in [0.2, 0.25) is 0 Å². The van der Waals surface area contributed by atoms with Gasteiger partial charge < -0.3 is 14.2 Å². The molecule has 0 saturated carbocycles. The fourth-order valence-electron chi connectivity index (χ4n) is 2.88. The molecule has 0 radical (unpaired) electrons. The average molecular weight is 439 g/mol. The van der Waals surface area contributed by atoms with Crippen LogP contribution in [0.15, 0.2) is 21.2 Å². The fourth-order valence-corrected chi connectivity index (χ4v) is 5.21. The first-order valence-electron chi connectivity index (χ1n) is 6.87. The van der Waals surface area contributed by atoms with Crippen LogP contribution in [-0.4, -0.2) is 47.1 Å². The molecule has 0 heterocycles. The summed E-state index contributed by atoms with van der Waals surface area (Å²) in [5.41, 5.74) is -0.684. The predicted octanol–water partition coefficient (Wildman–Crippen LogP) is 3.66. The van der Waals surface area contributed by atoms with Crippen molar-refractivity contribution < 1.29 is 23.8 Å². The van der Waals surface area contributed by atoms with Crippen LogP contribution < -0.4 is 0 Å². The molecule has 24 heavy (non-hydrogen) atoms. The molecule has 0 fully saturated rings. The van der Waals surface area contributed by atoms with Crippen LogP contribution in [0.1, 0.15) is 13.8 Å². The Morgan fingerprint density at radius 1 is 0.875 bits per heavy atom. The Kier molecular flexibility index (Phi) is 5.48. The molecule has 0 saturated heterocycles. The molecule has 10 heteroatoms. The summed E-state index contributed by atoms with van der Waals surface area (Å²) in [6.45, 7) is 3.22. The second-order valence-electron chi connectivity index (χ2n) is 4.94. The van der Waals surface area contributed by atoms with Crippen LogP contribution in [0, 0.1) is 0 Å². The van der Waals surface area contributed by atoms with Gasteiger partial charge in [-0.05, 0) is 13.8 Å². The number of carbonyl (C=O) groups is 2. The number of fused-ring (bicyclic) bond motifs is 2. The van der Waals surface area contributed by atoms with Crippen LogP contribution in [0.25, 0.3) is 0 Å². The van der Waals surface area contributed by atoms with Gasteiger partial charge in [-0.3, -0.25) is 0 Å². The smallest absolute Gasteiger partial charge is 0.336 e. The van der Waals surface area contributed by atoms with E-state index in [0.717, 1.165) is 0 Å². The number of methoxy groups -OCH3 is 1. The summed E-state index contributed by atoms with van der Waals surface area (Å²) in [6.07, 6.45) is 0. The summed E-state index contributed by atoms with van der Waals surface area (Å²) in [7, 11) is 1.21. The Hall–Kier alpha value is -0.170. The van der Waals surface area contributed by atoms with Gasteiger partial charge in [-0.2, -0.15) is 0 Å². The van der Waals surface area contributed by atoms with Crippen molar-refractivity contribution in [2.45, 2.75) is 28.7 Å². The van der Waals surface area contributed by atoms with Crippen molar-refractivity contribution in [2.75, 3.05) is 20.3 Å². The average Bonchev–Trinajstić information content (AvgIpc) is 2.77. The van der Waals surface area contributed by atoms with Gasteiger partial charge in [-0.25, -0.2) is 9.59 Å². The topological polar surface area (TPSA) is 61.8 Å². The first-order valence-corrected chi connectivity index (χ1v) is 8.76. The molecule has 3 atom stereocenters. The van der Waals surface area contributed by atoms with Gasteiger partial charge in [-0.15, -0.1) is 23.2 Å². The van der Waals surface area contributed by atoms with Crippen molar-refractivity contribution in [1.82, 2.24) is 0 Å². The van der Waals surface area contributed by atoms with Crippen molar-refractivity contribution in [3.05, 3.63) is 21.2 Å². The van der Waals surface area contributed by atoms with E-state index in [9.17, 15) is 9.59 Å². The molecule has 0 aromatic carbocycles. The van der Waals surface area contributed by atoms with Crippen molar-refractivity contribution >= 4 is 69.9 Å². The highest BCUT2D eigenvalue weighted by molar-refractivity contribution is 6.60. The number of ether oxygens (including phenoxy) is 3. The molecule has 2 bridgehead atoms. The zero-order chi connectivity index (χ0) is 18.5. The van der Waals surface area contributed by atoms with Crippen LogP contribution >= 0.6 is 58.0 Å². The Labute approximate surface area is 163 Å². The molecule has 2 rings (SSSR count). The number of hydrogen-bond donors (Lipinski definition) is 0. The van der Waals surface area contributed by atoms with E-state index < -0.39 is 26.7 Å². The first kappa shape index (κ1) is 20.1. The molecule has 5 nitrogen and oxygen atoms in total. The maximum absolute atomic E-state index is 12.5. The number of esters is 2. The van der Waals surface area contributed by atoms with E-state index >= 15 is 0 Å². The normalized spacial score (nSPS) is 34.8. The highest BCUT2D eigenvalue weighted by atomic mass is 35.5. The van der Waals surface area contributed by atoms with Crippen LogP contribution in [0.5, 0.6) is 0 Å². The van der Waals surface area contributed by atoms with Gasteiger partial charge in [-0.1, -0.05) is 34.8 Å². The van der Waals surface area contributed by atoms with Gasteiger partial charge >= 0.3 is 11.9 Å². The second kappa shape index (κ2) is 6.53. The lowest BCUT2D eigenvalue weighted by molar-refractivity contribution is -0.142. The van der Waals surface area contributed by atoms with E-state index in [2.05, 4.69) is 0 Å². The second-order valence-corrected chi connectivity index (χ2v) is 7.36. The minimum absolute atomic E-state index is 0.0258. The Balaban J connectivity index is 2.83. The molecule has 0 aliphatic heterocycles. The molecule has 134 valence electrons. The summed E-state index contributed by atoms with van der Waals surface area (Å²) in [5, 5.41) is -2.45. The van der Waals surface area contributed by atoms with Gasteiger partial charge in [0.05, 0.1) is 34.4 Å². The highest BCUT2D eigenvalue weighted by Gasteiger charge is 2.82. The van der Waals surface area contributed by atoms with Crippen molar-refractivity contribution in [3.8, 4) is 0 Å². The minimum Gasteiger partial charge on any atom is -0.463 e. The lowest BCUT2D eigenvalue weighted by Gasteiger charge is -2.37. The molecule has 0 aromatic rings. The molecule has 2 aliphatic rings. The van der Waals surface area contributed by atoms with Gasteiger partial charge in [0.1, 0.15) is 0 Å². The van der Waals surface area contributed by atoms with Crippen LogP contribution in [0.3, 0.4) is 0 Å². The zero-order valence-corrected chi connectivity index (χ0v) is 16.6. The number of alkyl halides is 3. The third-order valence-electron chi connectivity index (χ3n) is 3.86. The fraction of sp³-hybridized carbons (Fsp3) is 0.571. The van der Waals surface area contributed by atoms with Gasteiger partial charge in [0, 0.05) is 7.11 Å².